The molecule has 186 valence electrons. The number of rotatable bonds is 6. The summed E-state index contributed by atoms with van der Waals surface area (Å²) in [6.45, 7) is 12.9. The quantitative estimate of drug-likeness (QED) is 0.525. The van der Waals surface area contributed by atoms with Crippen molar-refractivity contribution >= 4 is 6.03 Å². The molecule has 0 saturated carbocycles. The molecule has 0 aliphatic carbocycles. The molecule has 4 rings (SSSR count). The lowest BCUT2D eigenvalue weighted by Crippen LogP contribution is -2.50. The van der Waals surface area contributed by atoms with Crippen LogP contribution in [-0.4, -0.2) is 43.7 Å². The largest absolute Gasteiger partial charge is 0.333 e. The normalized spacial score (nSPS) is 14.1. The highest BCUT2D eigenvalue weighted by Gasteiger charge is 2.29. The second-order valence-electron chi connectivity index (χ2n) is 10.6. The Balaban J connectivity index is 1.67. The predicted octanol–water partition coefficient (Wildman–Crippen LogP) is 5.29. The van der Waals surface area contributed by atoms with Crippen LogP contribution in [0.25, 0.3) is 5.69 Å². The van der Waals surface area contributed by atoms with E-state index in [0.29, 0.717) is 6.54 Å². The van der Waals surface area contributed by atoms with E-state index in [4.69, 9.17) is 5.10 Å². The summed E-state index contributed by atoms with van der Waals surface area (Å²) < 4.78 is 15.5. The molecule has 2 heterocycles. The maximum atomic E-state index is 13.6. The molecule has 0 spiro atoms. The zero-order valence-electron chi connectivity index (χ0n) is 21.4. The number of carbonyl (C=O) groups is 1. The molecule has 1 N–H and O–H groups in total. The number of hydrogen-bond donors (Lipinski definition) is 1. The van der Waals surface area contributed by atoms with E-state index in [1.54, 1.807) is 12.1 Å². The van der Waals surface area contributed by atoms with Crippen LogP contribution in [0.3, 0.4) is 0 Å². The van der Waals surface area contributed by atoms with E-state index in [2.05, 4.69) is 34.5 Å². The molecule has 0 atom stereocenters. The van der Waals surface area contributed by atoms with E-state index < -0.39 is 0 Å². The lowest BCUT2D eigenvalue weighted by atomic mass is 10.0. The zero-order chi connectivity index (χ0) is 25.2. The Morgan fingerprint density at radius 2 is 1.80 bits per heavy atom. The molecule has 0 saturated heterocycles. The maximum Gasteiger partial charge on any atom is 0.318 e. The van der Waals surface area contributed by atoms with Gasteiger partial charge < -0.3 is 10.2 Å². The Hall–Kier alpha value is -3.19. The minimum absolute atomic E-state index is 0.00739. The van der Waals surface area contributed by atoms with Crippen LogP contribution in [0.2, 0.25) is 0 Å². The number of nitrogens with one attached hydrogen (secondary N) is 1. The molecule has 0 fully saturated rings. The van der Waals surface area contributed by atoms with Crippen molar-refractivity contribution in [3.8, 4) is 5.69 Å². The molecule has 35 heavy (non-hydrogen) atoms. The van der Waals surface area contributed by atoms with Crippen LogP contribution < -0.4 is 5.32 Å². The average Bonchev–Trinajstić information content (AvgIpc) is 3.15. The van der Waals surface area contributed by atoms with Gasteiger partial charge in [-0.2, -0.15) is 5.10 Å². The van der Waals surface area contributed by atoms with Gasteiger partial charge >= 0.3 is 6.03 Å². The molecule has 3 aromatic rings. The van der Waals surface area contributed by atoms with Crippen molar-refractivity contribution in [2.75, 3.05) is 6.54 Å². The summed E-state index contributed by atoms with van der Waals surface area (Å²) >= 11 is 0. The van der Waals surface area contributed by atoms with Gasteiger partial charge in [0.25, 0.3) is 0 Å². The highest BCUT2D eigenvalue weighted by molar-refractivity contribution is 5.75. The van der Waals surface area contributed by atoms with Gasteiger partial charge in [-0.3, -0.25) is 4.90 Å². The molecule has 0 radical (unpaired) electrons. The Morgan fingerprint density at radius 3 is 2.43 bits per heavy atom. The molecule has 0 unspecified atom stereocenters. The third kappa shape index (κ3) is 6.09. The van der Waals surface area contributed by atoms with Gasteiger partial charge in [0.05, 0.1) is 23.6 Å². The summed E-state index contributed by atoms with van der Waals surface area (Å²) in [6, 6.07) is 16.8. The van der Waals surface area contributed by atoms with E-state index in [0.717, 1.165) is 48.7 Å². The monoisotopic (exact) mass is 477 g/mol. The van der Waals surface area contributed by atoms with Crippen molar-refractivity contribution in [2.45, 2.75) is 72.3 Å². The first kappa shape index (κ1) is 24.9. The second kappa shape index (κ2) is 10.2. The Kier molecular flexibility index (Phi) is 7.26. The van der Waals surface area contributed by atoms with Crippen molar-refractivity contribution in [3.05, 3.63) is 82.9 Å². The smallest absolute Gasteiger partial charge is 0.318 e. The molecule has 0 bridgehead atoms. The van der Waals surface area contributed by atoms with Crippen molar-refractivity contribution < 1.29 is 9.18 Å². The van der Waals surface area contributed by atoms with Crippen LogP contribution in [-0.2, 0) is 26.1 Å². The van der Waals surface area contributed by atoms with Gasteiger partial charge in [-0.15, -0.1) is 0 Å². The lowest BCUT2D eigenvalue weighted by Gasteiger charge is -2.32. The van der Waals surface area contributed by atoms with Crippen molar-refractivity contribution in [1.29, 1.82) is 0 Å². The third-order valence-electron chi connectivity index (χ3n) is 6.23. The fourth-order valence-electron chi connectivity index (χ4n) is 4.48. The van der Waals surface area contributed by atoms with Crippen molar-refractivity contribution in [2.24, 2.45) is 0 Å². The minimum atomic E-state index is -0.330. The Bertz CT molecular complexity index is 1150. The molecular weight excluding hydrogens is 441 g/mol. The molecule has 1 aliphatic rings. The van der Waals surface area contributed by atoms with Gasteiger partial charge in [0.15, 0.2) is 0 Å². The standard InChI is InChI=1S/C28H36FN5O/c1-20(2)33(27(35)30-28(3,4)5)19-25-24-18-32(17-21-9-7-6-8-10-21)16-15-26(24)34(31-25)23-13-11-22(29)12-14-23/h6-14,20H,15-19H2,1-5H3,(H,30,35). The Labute approximate surface area is 207 Å². The molecule has 2 amide bonds. The predicted molar refractivity (Wildman–Crippen MR) is 137 cm³/mol. The number of aromatic nitrogens is 2. The first-order chi connectivity index (χ1) is 16.6. The topological polar surface area (TPSA) is 53.4 Å². The van der Waals surface area contributed by atoms with E-state index in [-0.39, 0.29) is 23.4 Å². The van der Waals surface area contributed by atoms with Crippen LogP contribution in [0.1, 0.15) is 57.1 Å². The average molecular weight is 478 g/mol. The molecular formula is C28H36FN5O. The van der Waals surface area contributed by atoms with Gasteiger partial charge in [0.2, 0.25) is 0 Å². The van der Waals surface area contributed by atoms with Gasteiger partial charge in [0.1, 0.15) is 5.82 Å². The summed E-state index contributed by atoms with van der Waals surface area (Å²) in [4.78, 5) is 17.4. The SMILES string of the molecule is CC(C)N(Cc1nn(-c2ccc(F)cc2)c2c1CN(Cc1ccccc1)CC2)C(=O)NC(C)(C)C. The van der Waals surface area contributed by atoms with Gasteiger partial charge in [-0.25, -0.2) is 13.9 Å². The first-order valence-corrected chi connectivity index (χ1v) is 12.3. The summed E-state index contributed by atoms with van der Waals surface area (Å²) in [5.41, 5.74) is 4.96. The van der Waals surface area contributed by atoms with E-state index in [9.17, 15) is 9.18 Å². The number of hydrogen-bond acceptors (Lipinski definition) is 3. The highest BCUT2D eigenvalue weighted by atomic mass is 19.1. The number of benzene rings is 2. The second-order valence-corrected chi connectivity index (χ2v) is 10.6. The van der Waals surface area contributed by atoms with Gasteiger partial charge in [-0.1, -0.05) is 30.3 Å². The minimum Gasteiger partial charge on any atom is -0.333 e. The Morgan fingerprint density at radius 1 is 1.11 bits per heavy atom. The van der Waals surface area contributed by atoms with E-state index in [1.807, 2.05) is 50.3 Å². The number of urea groups is 1. The van der Waals surface area contributed by atoms with Crippen LogP contribution in [0.5, 0.6) is 0 Å². The number of fused-ring (bicyclic) bond motifs is 1. The molecule has 6 nitrogen and oxygen atoms in total. The fourth-order valence-corrected chi connectivity index (χ4v) is 4.48. The zero-order valence-corrected chi connectivity index (χ0v) is 21.4. The fraction of sp³-hybridized carbons (Fsp3) is 0.429. The van der Waals surface area contributed by atoms with E-state index >= 15 is 0 Å². The summed E-state index contributed by atoms with van der Waals surface area (Å²) in [7, 11) is 0. The third-order valence-corrected chi connectivity index (χ3v) is 6.23. The van der Waals surface area contributed by atoms with Gasteiger partial charge in [0, 0.05) is 43.2 Å². The molecule has 1 aromatic heterocycles. The van der Waals surface area contributed by atoms with Crippen molar-refractivity contribution in [1.82, 2.24) is 24.9 Å². The number of amides is 2. The molecule has 1 aliphatic heterocycles. The first-order valence-electron chi connectivity index (χ1n) is 12.3. The van der Waals surface area contributed by atoms with Crippen LogP contribution in [0, 0.1) is 5.82 Å². The number of nitrogens with zero attached hydrogens (tertiary/aromatic N) is 4. The highest BCUT2D eigenvalue weighted by Crippen LogP contribution is 2.28. The van der Waals surface area contributed by atoms with Crippen LogP contribution >= 0.6 is 0 Å². The van der Waals surface area contributed by atoms with Crippen LogP contribution in [0.15, 0.2) is 54.6 Å². The van der Waals surface area contributed by atoms with Gasteiger partial charge in [-0.05, 0) is 64.4 Å². The lowest BCUT2D eigenvalue weighted by molar-refractivity contribution is 0.169. The summed E-state index contributed by atoms with van der Waals surface area (Å²) in [6.07, 6.45) is 0.836. The molecule has 2 aromatic carbocycles. The summed E-state index contributed by atoms with van der Waals surface area (Å²) in [5, 5.41) is 8.07. The van der Waals surface area contributed by atoms with E-state index in [1.165, 1.54) is 17.7 Å². The maximum absolute atomic E-state index is 13.6. The molecule has 7 heteroatoms. The number of halogens is 1. The van der Waals surface area contributed by atoms with Crippen molar-refractivity contribution in [3.63, 3.8) is 0 Å². The van der Waals surface area contributed by atoms with Crippen LogP contribution in [0.4, 0.5) is 9.18 Å². The number of carbonyl (C=O) groups excluding carboxylic acids is 1. The summed E-state index contributed by atoms with van der Waals surface area (Å²) in [5.74, 6) is -0.270.